The molecule has 7 nitrogen and oxygen atoms in total. The number of para-hydroxylation sites is 1. The second-order valence-corrected chi connectivity index (χ2v) is 12.7. The molecular weight excluding hydrogens is 772 g/mol. The molecule has 0 spiro atoms. The molecule has 0 aliphatic rings. The molecule has 4 aromatic heterocycles. The number of halogens is 8. The van der Waals surface area contributed by atoms with Crippen LogP contribution >= 0.6 is 0 Å². The Bertz CT molecular complexity index is 2810. The third-order valence-corrected chi connectivity index (χ3v) is 9.19. The third kappa shape index (κ3) is 7.53. The van der Waals surface area contributed by atoms with Crippen LogP contribution in [0.5, 0.6) is 5.75 Å². The number of hydrogen-bond acceptors (Lipinski definition) is 5. The average molecular weight is 799 g/mol. The Morgan fingerprint density at radius 3 is 1.50 bits per heavy atom. The van der Waals surface area contributed by atoms with Gasteiger partial charge < -0.3 is 15.2 Å². The molecule has 0 saturated heterocycles. The summed E-state index contributed by atoms with van der Waals surface area (Å²) in [6.07, 6.45) is -3.85. The van der Waals surface area contributed by atoms with Gasteiger partial charge in [0.2, 0.25) is 0 Å². The Morgan fingerprint density at radius 2 is 1.00 bits per heavy atom. The Balaban J connectivity index is 0.000000177. The summed E-state index contributed by atoms with van der Waals surface area (Å²) >= 11 is 0. The predicted molar refractivity (Wildman–Crippen MR) is 200 cm³/mol. The van der Waals surface area contributed by atoms with Crippen LogP contribution in [0.15, 0.2) is 140 Å². The van der Waals surface area contributed by atoms with E-state index in [0.717, 1.165) is 48.7 Å². The Hall–Kier alpha value is -7.16. The Kier molecular flexibility index (Phi) is 10.4. The summed E-state index contributed by atoms with van der Waals surface area (Å²) in [6.45, 7) is 0. The number of rotatable bonds is 5. The first kappa shape index (κ1) is 39.1. The zero-order chi connectivity index (χ0) is 41.4. The van der Waals surface area contributed by atoms with Gasteiger partial charge in [-0.2, -0.15) is 35.8 Å². The molecule has 0 bridgehead atoms. The van der Waals surface area contributed by atoms with Crippen LogP contribution in [0.1, 0.15) is 11.1 Å². The van der Waals surface area contributed by atoms with Crippen LogP contribution in [0.4, 0.5) is 35.1 Å². The maximum Gasteiger partial charge on any atom is 0.416 e. The minimum Gasteiger partial charge on any atom is -0.618 e. The first-order chi connectivity index (χ1) is 27.7. The van der Waals surface area contributed by atoms with Crippen LogP contribution in [0.2, 0.25) is 0 Å². The molecule has 0 saturated carbocycles. The fraction of sp³-hybridized carbons (Fsp3) is 0.0698. The van der Waals surface area contributed by atoms with Crippen LogP contribution in [-0.2, 0) is 12.4 Å². The van der Waals surface area contributed by atoms with E-state index in [4.69, 9.17) is 4.74 Å². The molecule has 0 atom stereocenters. The summed E-state index contributed by atoms with van der Waals surface area (Å²) in [5, 5.41) is 25.8. The summed E-state index contributed by atoms with van der Waals surface area (Å²) in [5.41, 5.74) is 0.209. The van der Waals surface area contributed by atoms with Crippen LogP contribution in [-0.4, -0.2) is 17.1 Å². The van der Waals surface area contributed by atoms with Gasteiger partial charge in [-0.05, 0) is 82.9 Å². The van der Waals surface area contributed by atoms with Gasteiger partial charge in [0.1, 0.15) is 34.0 Å². The molecule has 8 rings (SSSR count). The van der Waals surface area contributed by atoms with Crippen molar-refractivity contribution in [1.29, 1.82) is 0 Å². The molecule has 58 heavy (non-hydrogen) atoms. The number of hydrogen-bond donors (Lipinski definition) is 0. The average Bonchev–Trinajstić information content (AvgIpc) is 3.20. The summed E-state index contributed by atoms with van der Waals surface area (Å²) in [4.78, 5) is 8.43. The number of alkyl halides is 6. The van der Waals surface area contributed by atoms with Crippen LogP contribution < -0.4 is 14.2 Å². The number of nitrogens with zero attached hydrogens (tertiary/aromatic N) is 4. The zero-order valence-corrected chi connectivity index (χ0v) is 29.8. The van der Waals surface area contributed by atoms with Crippen molar-refractivity contribution in [3.05, 3.63) is 173 Å². The molecular formula is C43H26F8N4O3. The first-order valence-corrected chi connectivity index (χ1v) is 17.1. The molecule has 15 heteroatoms. The largest absolute Gasteiger partial charge is 0.618 e. The van der Waals surface area contributed by atoms with E-state index in [-0.39, 0.29) is 32.6 Å². The van der Waals surface area contributed by atoms with Crippen LogP contribution in [0, 0.1) is 22.0 Å². The van der Waals surface area contributed by atoms with Gasteiger partial charge in [0.05, 0.1) is 23.8 Å². The standard InChI is InChI=1S/C22H15F3N2O2.C21H11F5N2O/c1-29-19-8-3-2-7-18(19)21-20-17(10-12-27(21)28)16(9-11-26-20)14-5-4-6-15(13-14)22(23,24)25;22-16-5-2-6-17(23)18(16)20-19-15(8-10-28(20)29)14(7-9-27-19)12-3-1-4-13(11-12)21(24,25)26/h2-13H,1H3;1-11H. The minimum absolute atomic E-state index is 0.0265. The smallest absolute Gasteiger partial charge is 0.416 e. The highest BCUT2D eigenvalue weighted by molar-refractivity contribution is 6.01. The number of pyridine rings is 4. The van der Waals surface area contributed by atoms with Crippen molar-refractivity contribution in [2.45, 2.75) is 12.4 Å². The predicted octanol–water partition coefficient (Wildman–Crippen LogP) is 10.7. The van der Waals surface area contributed by atoms with Gasteiger partial charge in [-0.15, -0.1) is 0 Å². The van der Waals surface area contributed by atoms with Gasteiger partial charge in [0.25, 0.3) is 11.4 Å². The van der Waals surface area contributed by atoms with Crippen molar-refractivity contribution in [2.24, 2.45) is 0 Å². The summed E-state index contributed by atoms with van der Waals surface area (Å²) in [7, 11) is 1.50. The van der Waals surface area contributed by atoms with Gasteiger partial charge in [0, 0.05) is 35.3 Å². The van der Waals surface area contributed by atoms with Crippen molar-refractivity contribution >= 4 is 21.8 Å². The maximum absolute atomic E-state index is 14.3. The molecule has 8 aromatic rings. The van der Waals surface area contributed by atoms with Crippen molar-refractivity contribution in [3.63, 3.8) is 0 Å². The molecule has 0 amide bonds. The summed E-state index contributed by atoms with van der Waals surface area (Å²) in [6, 6.07) is 26.0. The summed E-state index contributed by atoms with van der Waals surface area (Å²) in [5.74, 6) is -1.40. The minimum atomic E-state index is -4.53. The maximum atomic E-state index is 14.3. The Labute approximate surface area is 323 Å². The number of methoxy groups -OCH3 is 1. The molecule has 4 heterocycles. The monoisotopic (exact) mass is 798 g/mol. The van der Waals surface area contributed by atoms with E-state index < -0.39 is 40.7 Å². The molecule has 0 N–H and O–H groups in total. The second kappa shape index (κ2) is 15.4. The van der Waals surface area contributed by atoms with Crippen molar-refractivity contribution in [1.82, 2.24) is 9.97 Å². The van der Waals surface area contributed by atoms with Crippen LogP contribution in [0.3, 0.4) is 0 Å². The van der Waals surface area contributed by atoms with E-state index in [1.54, 1.807) is 42.5 Å². The van der Waals surface area contributed by atoms with Gasteiger partial charge in [-0.3, -0.25) is 0 Å². The number of aromatic nitrogens is 4. The second-order valence-electron chi connectivity index (χ2n) is 12.7. The highest BCUT2D eigenvalue weighted by atomic mass is 19.4. The van der Waals surface area contributed by atoms with Crippen molar-refractivity contribution < 1.29 is 49.3 Å². The lowest BCUT2D eigenvalue weighted by molar-refractivity contribution is -0.592. The topological polar surface area (TPSA) is 88.9 Å². The molecule has 0 aliphatic carbocycles. The normalized spacial score (nSPS) is 11.7. The van der Waals surface area contributed by atoms with Crippen molar-refractivity contribution in [2.75, 3.05) is 7.11 Å². The van der Waals surface area contributed by atoms with E-state index in [1.165, 1.54) is 56.0 Å². The lowest BCUT2D eigenvalue weighted by Crippen LogP contribution is -2.29. The van der Waals surface area contributed by atoms with E-state index in [2.05, 4.69) is 9.97 Å². The van der Waals surface area contributed by atoms with E-state index >= 15 is 0 Å². The quantitative estimate of drug-likeness (QED) is 0.0983. The third-order valence-electron chi connectivity index (χ3n) is 9.19. The molecule has 0 fully saturated rings. The zero-order valence-electron chi connectivity index (χ0n) is 29.8. The molecule has 0 aliphatic heterocycles. The Morgan fingerprint density at radius 1 is 0.534 bits per heavy atom. The highest BCUT2D eigenvalue weighted by Crippen LogP contribution is 2.39. The van der Waals surface area contributed by atoms with E-state index in [9.17, 15) is 45.5 Å². The molecule has 0 radical (unpaired) electrons. The van der Waals surface area contributed by atoms with Crippen LogP contribution in [0.25, 0.3) is 66.6 Å². The number of benzene rings is 4. The number of fused-ring (bicyclic) bond motifs is 2. The van der Waals surface area contributed by atoms with Gasteiger partial charge >= 0.3 is 12.4 Å². The fourth-order valence-electron chi connectivity index (χ4n) is 6.57. The SMILES string of the molecule is COc1ccccc1-c1c2nccc(-c3cccc(C(F)(F)F)c3)c2cc[n+]1[O-].[O-][n+]1ccc2c(-c3cccc(C(F)(F)F)c3)ccnc2c1-c1c(F)cccc1F. The first-order valence-electron chi connectivity index (χ1n) is 17.1. The lowest BCUT2D eigenvalue weighted by Gasteiger charge is -2.13. The fourth-order valence-corrected chi connectivity index (χ4v) is 6.57. The highest BCUT2D eigenvalue weighted by Gasteiger charge is 2.32. The van der Waals surface area contributed by atoms with Gasteiger partial charge in [-0.25, -0.2) is 18.7 Å². The number of ether oxygens (including phenoxy) is 1. The molecule has 4 aromatic carbocycles. The molecule has 292 valence electrons. The van der Waals surface area contributed by atoms with Crippen molar-refractivity contribution in [3.8, 4) is 50.5 Å². The van der Waals surface area contributed by atoms with E-state index in [1.807, 2.05) is 0 Å². The van der Waals surface area contributed by atoms with E-state index in [0.29, 0.717) is 43.6 Å². The molecule has 0 unspecified atom stereocenters. The lowest BCUT2D eigenvalue weighted by atomic mass is 9.98. The summed E-state index contributed by atoms with van der Waals surface area (Å²) < 4.78 is 114. The van der Waals surface area contributed by atoms with Gasteiger partial charge in [-0.1, -0.05) is 42.5 Å². The van der Waals surface area contributed by atoms with Gasteiger partial charge in [0.15, 0.2) is 12.4 Å².